The number of rotatable bonds is 4. The maximum Gasteiger partial charge on any atom is 0.238 e. The molecule has 1 amide bonds. The smallest absolute Gasteiger partial charge is 0.238 e. The lowest BCUT2D eigenvalue weighted by Gasteiger charge is -2.31. The third kappa shape index (κ3) is 4.10. The van der Waals surface area contributed by atoms with Gasteiger partial charge in [0, 0.05) is 18.8 Å². The number of anilines is 2. The second-order valence-electron chi connectivity index (χ2n) is 5.21. The summed E-state index contributed by atoms with van der Waals surface area (Å²) in [5.74, 6) is 0.202. The molecule has 1 unspecified atom stereocenters. The van der Waals surface area contributed by atoms with E-state index in [1.165, 1.54) is 0 Å². The highest BCUT2D eigenvalue weighted by molar-refractivity contribution is 6.33. The molecule has 1 aromatic rings. The molecule has 0 saturated carbocycles. The first-order valence-electron chi connectivity index (χ1n) is 6.76. The summed E-state index contributed by atoms with van der Waals surface area (Å²) in [6, 6.07) is 5.03. The van der Waals surface area contributed by atoms with Gasteiger partial charge in [-0.3, -0.25) is 9.69 Å². The molecule has 0 bridgehead atoms. The Kier molecular flexibility index (Phi) is 5.23. The summed E-state index contributed by atoms with van der Waals surface area (Å²) < 4.78 is 0. The van der Waals surface area contributed by atoms with Crippen LogP contribution < -0.4 is 11.1 Å². The largest absolute Gasteiger partial charge is 0.397 e. The number of hydrogen-bond donors (Lipinski definition) is 3. The second-order valence-corrected chi connectivity index (χ2v) is 5.62. The van der Waals surface area contributed by atoms with Gasteiger partial charge in [0.1, 0.15) is 0 Å². The van der Waals surface area contributed by atoms with Gasteiger partial charge in [0.2, 0.25) is 5.91 Å². The molecule has 1 aromatic carbocycles. The fraction of sp³-hybridized carbons (Fsp3) is 0.500. The van der Waals surface area contributed by atoms with E-state index in [1.807, 2.05) is 0 Å². The monoisotopic (exact) mass is 297 g/mol. The highest BCUT2D eigenvalue weighted by Crippen LogP contribution is 2.22. The van der Waals surface area contributed by atoms with E-state index in [9.17, 15) is 9.90 Å². The van der Waals surface area contributed by atoms with Crippen LogP contribution in [0.25, 0.3) is 0 Å². The van der Waals surface area contributed by atoms with Crippen LogP contribution >= 0.6 is 11.6 Å². The lowest BCUT2D eigenvalue weighted by Crippen LogP contribution is -2.41. The fourth-order valence-electron chi connectivity index (χ4n) is 2.47. The number of aliphatic hydroxyl groups excluding tert-OH is 1. The Hall–Kier alpha value is -1.30. The Morgan fingerprint density at radius 2 is 2.35 bits per heavy atom. The lowest BCUT2D eigenvalue weighted by atomic mass is 9.99. The van der Waals surface area contributed by atoms with E-state index < -0.39 is 0 Å². The number of carbonyl (C=O) groups excluding carboxylic acids is 1. The van der Waals surface area contributed by atoms with E-state index in [0.29, 0.717) is 22.9 Å². The fourth-order valence-corrected chi connectivity index (χ4v) is 2.59. The van der Waals surface area contributed by atoms with E-state index in [-0.39, 0.29) is 18.4 Å². The summed E-state index contributed by atoms with van der Waals surface area (Å²) in [7, 11) is 0. The number of piperidine rings is 1. The Bertz CT molecular complexity index is 481. The van der Waals surface area contributed by atoms with Gasteiger partial charge in [0.05, 0.1) is 17.3 Å². The van der Waals surface area contributed by atoms with Gasteiger partial charge >= 0.3 is 0 Å². The first kappa shape index (κ1) is 15.1. The normalized spacial score (nSPS) is 19.8. The number of nitrogen functional groups attached to an aromatic ring is 1. The van der Waals surface area contributed by atoms with Crippen LogP contribution in [0.2, 0.25) is 5.02 Å². The molecule has 0 radical (unpaired) electrons. The van der Waals surface area contributed by atoms with Crippen LogP contribution in [0.15, 0.2) is 18.2 Å². The minimum absolute atomic E-state index is 0.0784. The van der Waals surface area contributed by atoms with E-state index in [1.54, 1.807) is 18.2 Å². The first-order chi connectivity index (χ1) is 9.58. The van der Waals surface area contributed by atoms with Crippen molar-refractivity contribution in [1.29, 1.82) is 0 Å². The number of halogens is 1. The minimum Gasteiger partial charge on any atom is -0.397 e. The average Bonchev–Trinajstić information content (AvgIpc) is 2.43. The van der Waals surface area contributed by atoms with Gasteiger partial charge in [-0.15, -0.1) is 0 Å². The third-order valence-electron chi connectivity index (χ3n) is 3.51. The SMILES string of the molecule is Nc1cc(NC(=O)CN2CCCC(CO)C2)ccc1Cl. The second kappa shape index (κ2) is 6.92. The predicted octanol–water partition coefficient (Wildman–Crippen LogP) is 1.56. The summed E-state index contributed by atoms with van der Waals surface area (Å²) in [4.78, 5) is 14.1. The molecular weight excluding hydrogens is 278 g/mol. The number of nitrogens with one attached hydrogen (secondary N) is 1. The van der Waals surface area contributed by atoms with Crippen molar-refractivity contribution in [3.05, 3.63) is 23.2 Å². The maximum absolute atomic E-state index is 12.0. The number of nitrogens with two attached hydrogens (primary N) is 1. The van der Waals surface area contributed by atoms with Crippen LogP contribution in [-0.4, -0.2) is 42.2 Å². The van der Waals surface area contributed by atoms with Gasteiger partial charge in [-0.25, -0.2) is 0 Å². The van der Waals surface area contributed by atoms with Gasteiger partial charge in [-0.2, -0.15) is 0 Å². The Morgan fingerprint density at radius 1 is 1.55 bits per heavy atom. The number of amides is 1. The van der Waals surface area contributed by atoms with Crippen LogP contribution in [0, 0.1) is 5.92 Å². The molecule has 5 nitrogen and oxygen atoms in total. The molecule has 0 spiro atoms. The van der Waals surface area contributed by atoms with Crippen molar-refractivity contribution in [2.24, 2.45) is 5.92 Å². The van der Waals surface area contributed by atoms with Gasteiger partial charge in [0.15, 0.2) is 0 Å². The molecule has 20 heavy (non-hydrogen) atoms. The van der Waals surface area contributed by atoms with Gasteiger partial charge in [-0.05, 0) is 43.5 Å². The maximum atomic E-state index is 12.0. The van der Waals surface area contributed by atoms with Crippen molar-refractivity contribution in [2.45, 2.75) is 12.8 Å². The van der Waals surface area contributed by atoms with E-state index in [2.05, 4.69) is 10.2 Å². The van der Waals surface area contributed by atoms with Crippen LogP contribution in [0.1, 0.15) is 12.8 Å². The van der Waals surface area contributed by atoms with Crippen LogP contribution in [-0.2, 0) is 4.79 Å². The molecule has 1 heterocycles. The van der Waals surface area contributed by atoms with Crippen LogP contribution in [0.3, 0.4) is 0 Å². The molecule has 4 N–H and O–H groups in total. The average molecular weight is 298 g/mol. The number of likely N-dealkylation sites (tertiary alicyclic amines) is 1. The standard InChI is InChI=1S/C14H20ClN3O2/c15-12-4-3-11(6-13(12)16)17-14(20)8-18-5-1-2-10(7-18)9-19/h3-4,6,10,19H,1-2,5,7-9,16H2,(H,17,20). The van der Waals surface area contributed by atoms with Crippen molar-refractivity contribution in [2.75, 3.05) is 37.3 Å². The highest BCUT2D eigenvalue weighted by atomic mass is 35.5. The van der Waals surface area contributed by atoms with Crippen LogP contribution in [0.4, 0.5) is 11.4 Å². The number of benzene rings is 1. The molecule has 110 valence electrons. The van der Waals surface area contributed by atoms with Crippen molar-refractivity contribution < 1.29 is 9.90 Å². The molecule has 1 aliphatic rings. The minimum atomic E-state index is -0.0784. The summed E-state index contributed by atoms with van der Waals surface area (Å²) >= 11 is 5.84. The number of aliphatic hydroxyl groups is 1. The summed E-state index contributed by atoms with van der Waals surface area (Å²) in [6.07, 6.45) is 2.05. The van der Waals surface area contributed by atoms with E-state index in [4.69, 9.17) is 17.3 Å². The zero-order valence-electron chi connectivity index (χ0n) is 11.3. The molecule has 1 aliphatic heterocycles. The van der Waals surface area contributed by atoms with Crippen molar-refractivity contribution in [3.8, 4) is 0 Å². The Morgan fingerprint density at radius 3 is 3.05 bits per heavy atom. The zero-order valence-corrected chi connectivity index (χ0v) is 12.1. The summed E-state index contributed by atoms with van der Waals surface area (Å²) in [6.45, 7) is 2.18. The summed E-state index contributed by atoms with van der Waals surface area (Å²) in [5, 5.41) is 12.5. The topological polar surface area (TPSA) is 78.6 Å². The van der Waals surface area contributed by atoms with Crippen molar-refractivity contribution >= 4 is 28.9 Å². The number of carbonyl (C=O) groups is 1. The van der Waals surface area contributed by atoms with Crippen molar-refractivity contribution in [3.63, 3.8) is 0 Å². The third-order valence-corrected chi connectivity index (χ3v) is 3.85. The van der Waals surface area contributed by atoms with E-state index in [0.717, 1.165) is 25.9 Å². The Labute approximate surface area is 123 Å². The summed E-state index contributed by atoms with van der Waals surface area (Å²) in [5.41, 5.74) is 6.79. The highest BCUT2D eigenvalue weighted by Gasteiger charge is 2.20. The molecular formula is C14H20ClN3O2. The van der Waals surface area contributed by atoms with Crippen LogP contribution in [0.5, 0.6) is 0 Å². The molecule has 0 aliphatic carbocycles. The molecule has 1 saturated heterocycles. The molecule has 1 fully saturated rings. The molecule has 2 rings (SSSR count). The lowest BCUT2D eigenvalue weighted by molar-refractivity contribution is -0.117. The van der Waals surface area contributed by atoms with Crippen molar-refractivity contribution in [1.82, 2.24) is 4.90 Å². The first-order valence-corrected chi connectivity index (χ1v) is 7.14. The number of hydrogen-bond acceptors (Lipinski definition) is 4. The predicted molar refractivity (Wildman–Crippen MR) is 80.7 cm³/mol. The van der Waals surface area contributed by atoms with Gasteiger partial charge in [-0.1, -0.05) is 11.6 Å². The van der Waals surface area contributed by atoms with E-state index >= 15 is 0 Å². The molecule has 6 heteroatoms. The van der Waals surface area contributed by atoms with Gasteiger partial charge < -0.3 is 16.2 Å². The molecule has 1 atom stereocenters. The van der Waals surface area contributed by atoms with Gasteiger partial charge in [0.25, 0.3) is 0 Å². The molecule has 0 aromatic heterocycles. The quantitative estimate of drug-likeness (QED) is 0.737. The Balaban J connectivity index is 1.87. The zero-order chi connectivity index (χ0) is 14.5. The number of nitrogens with zero attached hydrogens (tertiary/aromatic N) is 1.